The number of benzene rings is 2. The molecule has 1 aromatic heterocycles. The van der Waals surface area contributed by atoms with Gasteiger partial charge >= 0.3 is 0 Å². The molecule has 0 radical (unpaired) electrons. The van der Waals surface area contributed by atoms with Crippen LogP contribution in [-0.4, -0.2) is 86.7 Å². The third kappa shape index (κ3) is 8.60. The van der Waals surface area contributed by atoms with Crippen molar-refractivity contribution in [1.82, 2.24) is 40.9 Å². The molecule has 3 atom stereocenters. The average molecular weight is 685 g/mol. The molecule has 1 aliphatic heterocycles. The second kappa shape index (κ2) is 15.9. The summed E-state index contributed by atoms with van der Waals surface area (Å²) in [5.74, 6) is -1.63. The van der Waals surface area contributed by atoms with Crippen molar-refractivity contribution in [2.24, 2.45) is 5.92 Å². The fourth-order valence-electron chi connectivity index (χ4n) is 6.21. The predicted octanol–water partition coefficient (Wildman–Crippen LogP) is 1.95. The highest BCUT2D eigenvalue weighted by Crippen LogP contribution is 2.26. The molecular formula is C36H44N8O6. The Labute approximate surface area is 290 Å². The number of hydrogen-bond donors (Lipinski definition) is 4. The summed E-state index contributed by atoms with van der Waals surface area (Å²) >= 11 is 0. The van der Waals surface area contributed by atoms with Crippen LogP contribution < -0.4 is 21.3 Å². The average Bonchev–Trinajstić information content (AvgIpc) is 3.68. The Bertz CT molecular complexity index is 1770. The summed E-state index contributed by atoms with van der Waals surface area (Å²) in [4.78, 5) is 85.6. The van der Waals surface area contributed by atoms with Crippen molar-refractivity contribution in [2.75, 3.05) is 19.6 Å². The van der Waals surface area contributed by atoms with Gasteiger partial charge in [0.25, 0.3) is 5.91 Å². The van der Waals surface area contributed by atoms with Crippen molar-refractivity contribution >= 4 is 35.3 Å². The van der Waals surface area contributed by atoms with Gasteiger partial charge in [0.15, 0.2) is 11.6 Å². The Morgan fingerprint density at radius 3 is 2.36 bits per heavy atom. The van der Waals surface area contributed by atoms with Gasteiger partial charge in [-0.15, -0.1) is 0 Å². The number of nitrogens with one attached hydrogen (secondary N) is 4. The normalized spacial score (nSPS) is 21.2. The molecule has 4 N–H and O–H groups in total. The van der Waals surface area contributed by atoms with Crippen LogP contribution in [-0.2, 0) is 32.1 Å². The number of nitrogens with zero attached hydrogens (tertiary/aromatic N) is 4. The second-order valence-corrected chi connectivity index (χ2v) is 13.2. The van der Waals surface area contributed by atoms with Crippen LogP contribution in [0, 0.1) is 5.92 Å². The lowest BCUT2D eigenvalue weighted by molar-refractivity contribution is -0.132. The van der Waals surface area contributed by atoms with Crippen molar-refractivity contribution in [3.63, 3.8) is 0 Å². The van der Waals surface area contributed by atoms with E-state index in [2.05, 4.69) is 31.3 Å². The van der Waals surface area contributed by atoms with Crippen molar-refractivity contribution in [3.8, 4) is 11.4 Å². The first-order valence-corrected chi connectivity index (χ1v) is 17.0. The molecule has 5 amide bonds. The van der Waals surface area contributed by atoms with E-state index in [9.17, 15) is 28.8 Å². The first-order valence-electron chi connectivity index (χ1n) is 17.0. The Morgan fingerprint density at radius 1 is 0.860 bits per heavy atom. The number of amides is 5. The number of carbonyl (C=O) groups excluding carboxylic acids is 6. The fourth-order valence-corrected chi connectivity index (χ4v) is 6.21. The maximum absolute atomic E-state index is 13.9. The zero-order valence-corrected chi connectivity index (χ0v) is 28.8. The summed E-state index contributed by atoms with van der Waals surface area (Å²) in [5, 5.41) is 15.8. The molecule has 0 bridgehead atoms. The molecule has 2 aliphatic rings. The van der Waals surface area contributed by atoms with Crippen LogP contribution in [0.25, 0.3) is 11.4 Å². The van der Waals surface area contributed by atoms with Crippen molar-refractivity contribution in [1.29, 1.82) is 0 Å². The standard InChI is InChI=1S/C36H44N8O6/c1-21(2)18-28-35(49)39-22(3)33-41-32(24-10-6-5-7-11-24)42-44(33)20-30(46)37-16-9-17-43(19-31(47)38-23(4)34(48)40-28)36(50)27-13-8-12-26-25(27)14-15-29(26)45/h5-8,10-13,21-23,28H,9,14-20H2,1-4H3,(H,37,46)(H,38,47)(H,39,49)(H,40,48)/t22-,23+,28+/m0/s1. The highest BCUT2D eigenvalue weighted by molar-refractivity contribution is 6.06. The number of aromatic nitrogens is 3. The maximum Gasteiger partial charge on any atom is 0.254 e. The van der Waals surface area contributed by atoms with Crippen molar-refractivity contribution in [2.45, 2.75) is 78.0 Å². The van der Waals surface area contributed by atoms with Gasteiger partial charge in [-0.2, -0.15) is 5.10 Å². The number of carbonyl (C=O) groups is 6. The highest BCUT2D eigenvalue weighted by atomic mass is 16.2. The van der Waals surface area contributed by atoms with E-state index in [1.165, 1.54) is 16.5 Å². The van der Waals surface area contributed by atoms with Gasteiger partial charge in [-0.1, -0.05) is 56.3 Å². The monoisotopic (exact) mass is 684 g/mol. The summed E-state index contributed by atoms with van der Waals surface area (Å²) in [6.45, 7) is 6.84. The molecule has 264 valence electrons. The van der Waals surface area contributed by atoms with Crippen molar-refractivity contribution in [3.05, 3.63) is 71.0 Å². The molecule has 0 saturated heterocycles. The smallest absolute Gasteiger partial charge is 0.254 e. The minimum atomic E-state index is -1.02. The summed E-state index contributed by atoms with van der Waals surface area (Å²) in [7, 11) is 0. The number of fused-ring (bicyclic) bond motifs is 2. The van der Waals surface area contributed by atoms with E-state index in [0.717, 1.165) is 5.56 Å². The van der Waals surface area contributed by atoms with Crippen LogP contribution in [0.5, 0.6) is 0 Å². The van der Waals surface area contributed by atoms with Crippen LogP contribution in [0.15, 0.2) is 48.5 Å². The van der Waals surface area contributed by atoms with Crippen molar-refractivity contribution < 1.29 is 28.8 Å². The Kier molecular flexibility index (Phi) is 11.4. The zero-order chi connectivity index (χ0) is 35.9. The molecule has 14 heteroatoms. The number of hydrogen-bond acceptors (Lipinski definition) is 8. The fraction of sp³-hybridized carbons (Fsp3) is 0.444. The van der Waals surface area contributed by atoms with Gasteiger partial charge in [-0.3, -0.25) is 28.8 Å². The molecule has 5 rings (SSSR count). The van der Waals surface area contributed by atoms with E-state index in [1.807, 2.05) is 44.2 Å². The first-order chi connectivity index (χ1) is 23.9. The molecule has 2 aromatic carbocycles. The zero-order valence-electron chi connectivity index (χ0n) is 28.8. The molecule has 1 aliphatic carbocycles. The lowest BCUT2D eigenvalue weighted by Gasteiger charge is -2.26. The molecule has 50 heavy (non-hydrogen) atoms. The lowest BCUT2D eigenvalue weighted by atomic mass is 10.0. The highest BCUT2D eigenvalue weighted by Gasteiger charge is 2.31. The number of rotatable bonds is 4. The molecular weight excluding hydrogens is 640 g/mol. The molecule has 0 saturated carbocycles. The molecule has 0 fully saturated rings. The van der Waals surface area contributed by atoms with Gasteiger partial charge in [-0.05, 0) is 50.7 Å². The first kappa shape index (κ1) is 35.9. The Morgan fingerprint density at radius 2 is 1.62 bits per heavy atom. The quantitative estimate of drug-likeness (QED) is 0.321. The van der Waals surface area contributed by atoms with Crippen LogP contribution in [0.1, 0.15) is 85.1 Å². The summed E-state index contributed by atoms with van der Waals surface area (Å²) in [5.41, 5.74) is 2.24. The van der Waals surface area contributed by atoms with Gasteiger partial charge in [0.1, 0.15) is 24.5 Å². The summed E-state index contributed by atoms with van der Waals surface area (Å²) in [6, 6.07) is 11.6. The predicted molar refractivity (Wildman–Crippen MR) is 184 cm³/mol. The molecule has 3 aromatic rings. The minimum Gasteiger partial charge on any atom is -0.354 e. The van der Waals surface area contributed by atoms with E-state index < -0.39 is 41.8 Å². The van der Waals surface area contributed by atoms with Gasteiger partial charge in [0.2, 0.25) is 23.6 Å². The molecule has 2 heterocycles. The molecule has 0 spiro atoms. The Balaban J connectivity index is 1.43. The second-order valence-electron chi connectivity index (χ2n) is 13.2. The van der Waals surface area contributed by atoms with E-state index in [0.29, 0.717) is 54.0 Å². The van der Waals surface area contributed by atoms with E-state index in [4.69, 9.17) is 0 Å². The minimum absolute atomic E-state index is 0.0317. The van der Waals surface area contributed by atoms with Gasteiger partial charge in [-0.25, -0.2) is 9.67 Å². The summed E-state index contributed by atoms with van der Waals surface area (Å²) in [6.07, 6.45) is 1.39. The van der Waals surface area contributed by atoms with E-state index in [-0.39, 0.29) is 43.8 Å². The largest absolute Gasteiger partial charge is 0.354 e. The summed E-state index contributed by atoms with van der Waals surface area (Å²) < 4.78 is 1.45. The third-order valence-electron chi connectivity index (χ3n) is 8.74. The SMILES string of the molecule is CC(C)C[C@H]1NC(=O)[C@@H](C)NC(=O)CN(C(=O)c2cccc3c2CCC3=O)CCCNC(=O)Cn2nc(-c3ccccc3)nc2[C@H](C)NC1=O. The van der Waals surface area contributed by atoms with Crippen LogP contribution in [0.4, 0.5) is 0 Å². The van der Waals surface area contributed by atoms with Gasteiger partial charge in [0.05, 0.1) is 12.6 Å². The number of ketones is 1. The topological polar surface area (TPSA) is 184 Å². The third-order valence-corrected chi connectivity index (χ3v) is 8.74. The maximum atomic E-state index is 13.9. The van der Waals surface area contributed by atoms with E-state index in [1.54, 1.807) is 25.1 Å². The molecule has 0 unspecified atom stereocenters. The Hall–Kier alpha value is -5.40. The van der Waals surface area contributed by atoms with Crippen LogP contribution in [0.2, 0.25) is 0 Å². The van der Waals surface area contributed by atoms with Gasteiger partial charge in [0, 0.05) is 36.2 Å². The van der Waals surface area contributed by atoms with Crippen LogP contribution in [0.3, 0.4) is 0 Å². The van der Waals surface area contributed by atoms with Crippen LogP contribution >= 0.6 is 0 Å². The molecule has 14 nitrogen and oxygen atoms in total. The lowest BCUT2D eigenvalue weighted by Crippen LogP contribution is -2.54. The van der Waals surface area contributed by atoms with Gasteiger partial charge < -0.3 is 26.2 Å². The number of Topliss-reactive ketones (excluding diaryl/α,β-unsaturated/α-hetero) is 1. The van der Waals surface area contributed by atoms with E-state index >= 15 is 0 Å².